The van der Waals surface area contributed by atoms with Gasteiger partial charge in [0.05, 0.1) is 36.8 Å². The molecule has 0 spiro atoms. The maximum absolute atomic E-state index is 12.4. The first-order valence-electron chi connectivity index (χ1n) is 6.00. The quantitative estimate of drug-likeness (QED) is 0.732. The number of pyridine rings is 1. The second kappa shape index (κ2) is 5.01. The van der Waals surface area contributed by atoms with Gasteiger partial charge < -0.3 is 4.74 Å². The minimum Gasteiger partial charge on any atom is -0.481 e. The van der Waals surface area contributed by atoms with Gasteiger partial charge in [0, 0.05) is 6.07 Å². The van der Waals surface area contributed by atoms with Gasteiger partial charge in [-0.25, -0.2) is 9.97 Å². The third-order valence-electron chi connectivity index (χ3n) is 2.96. The van der Waals surface area contributed by atoms with E-state index in [0.29, 0.717) is 22.6 Å². The number of fused-ring (bicyclic) bond motifs is 1. The molecule has 3 heterocycles. The van der Waals surface area contributed by atoms with Crippen LogP contribution >= 0.6 is 11.5 Å². The first-order valence-corrected chi connectivity index (χ1v) is 6.77. The average Bonchev–Trinajstić information content (AvgIpc) is 2.84. The fourth-order valence-corrected chi connectivity index (χ4v) is 2.69. The van der Waals surface area contributed by atoms with E-state index in [1.807, 2.05) is 19.1 Å². The van der Waals surface area contributed by atoms with E-state index in [2.05, 4.69) is 14.3 Å². The highest BCUT2D eigenvalue weighted by atomic mass is 32.1. The molecule has 0 aromatic carbocycles. The van der Waals surface area contributed by atoms with Crippen LogP contribution in [0.15, 0.2) is 29.3 Å². The molecule has 6 nitrogen and oxygen atoms in total. The summed E-state index contributed by atoms with van der Waals surface area (Å²) in [5, 5.41) is 0.584. The molecule has 0 fully saturated rings. The lowest BCUT2D eigenvalue weighted by Gasteiger charge is -2.06. The smallest absolute Gasteiger partial charge is 0.264 e. The second-order valence-corrected chi connectivity index (χ2v) is 5.05. The van der Waals surface area contributed by atoms with Gasteiger partial charge in [0.15, 0.2) is 4.83 Å². The molecule has 0 radical (unpaired) electrons. The van der Waals surface area contributed by atoms with Crippen molar-refractivity contribution in [3.05, 3.63) is 46.3 Å². The molecule has 0 N–H and O–H groups in total. The predicted octanol–water partition coefficient (Wildman–Crippen LogP) is 1.61. The van der Waals surface area contributed by atoms with Crippen molar-refractivity contribution in [2.75, 3.05) is 7.11 Å². The molecule has 0 atom stereocenters. The summed E-state index contributed by atoms with van der Waals surface area (Å²) in [4.78, 5) is 21.6. The van der Waals surface area contributed by atoms with Gasteiger partial charge in [-0.15, -0.1) is 0 Å². The third kappa shape index (κ3) is 2.16. The Morgan fingerprint density at radius 3 is 3.05 bits per heavy atom. The number of rotatable bonds is 3. The van der Waals surface area contributed by atoms with E-state index in [4.69, 9.17) is 4.74 Å². The van der Waals surface area contributed by atoms with Gasteiger partial charge in [0.1, 0.15) is 0 Å². The first kappa shape index (κ1) is 12.7. The Morgan fingerprint density at radius 2 is 2.25 bits per heavy atom. The maximum atomic E-state index is 12.4. The fourth-order valence-electron chi connectivity index (χ4n) is 1.96. The highest BCUT2D eigenvalue weighted by molar-refractivity contribution is 7.12. The maximum Gasteiger partial charge on any atom is 0.264 e. The lowest BCUT2D eigenvalue weighted by atomic mass is 10.3. The highest BCUT2D eigenvalue weighted by Crippen LogP contribution is 2.15. The van der Waals surface area contributed by atoms with Crippen molar-refractivity contribution in [1.29, 1.82) is 0 Å². The molecule has 0 saturated heterocycles. The predicted molar refractivity (Wildman–Crippen MR) is 76.3 cm³/mol. The van der Waals surface area contributed by atoms with Gasteiger partial charge in [-0.05, 0) is 24.5 Å². The molecule has 0 unspecified atom stereocenters. The number of hydrogen-bond donors (Lipinski definition) is 0. The largest absolute Gasteiger partial charge is 0.481 e. The molecule has 0 aliphatic rings. The van der Waals surface area contributed by atoms with Crippen molar-refractivity contribution < 1.29 is 4.74 Å². The van der Waals surface area contributed by atoms with Crippen LogP contribution in [-0.4, -0.2) is 26.0 Å². The fraction of sp³-hybridized carbons (Fsp3) is 0.231. The van der Waals surface area contributed by atoms with Crippen molar-refractivity contribution in [2.45, 2.75) is 13.5 Å². The van der Waals surface area contributed by atoms with Gasteiger partial charge in [-0.2, -0.15) is 4.37 Å². The van der Waals surface area contributed by atoms with Crippen LogP contribution in [0.4, 0.5) is 0 Å². The summed E-state index contributed by atoms with van der Waals surface area (Å²) in [6, 6.07) is 5.45. The van der Waals surface area contributed by atoms with Gasteiger partial charge in [0.25, 0.3) is 5.56 Å². The number of aryl methyl sites for hydroxylation is 1. The average molecular weight is 288 g/mol. The van der Waals surface area contributed by atoms with E-state index < -0.39 is 0 Å². The van der Waals surface area contributed by atoms with Crippen LogP contribution < -0.4 is 10.3 Å². The summed E-state index contributed by atoms with van der Waals surface area (Å²) in [5.41, 5.74) is 1.37. The molecule has 7 heteroatoms. The standard InChI is InChI=1S/C13H12N4O2S/c1-8-11-12(20-16-8)14-7-17(13(11)18)6-9-4-3-5-10(15-9)19-2/h3-5,7H,6H2,1-2H3. The van der Waals surface area contributed by atoms with Crippen LogP contribution in [0.1, 0.15) is 11.4 Å². The Morgan fingerprint density at radius 1 is 1.40 bits per heavy atom. The van der Waals surface area contributed by atoms with Gasteiger partial charge in [-0.1, -0.05) is 6.07 Å². The van der Waals surface area contributed by atoms with Crippen molar-refractivity contribution in [1.82, 2.24) is 18.9 Å². The Hall–Kier alpha value is -2.28. The van der Waals surface area contributed by atoms with Crippen LogP contribution in [0.25, 0.3) is 10.2 Å². The lowest BCUT2D eigenvalue weighted by molar-refractivity contribution is 0.396. The minimum absolute atomic E-state index is 0.0918. The molecule has 0 aliphatic heterocycles. The normalized spacial score (nSPS) is 10.9. The van der Waals surface area contributed by atoms with E-state index >= 15 is 0 Å². The Bertz CT molecular complexity index is 825. The lowest BCUT2D eigenvalue weighted by Crippen LogP contribution is -2.21. The molecule has 3 aromatic heterocycles. The van der Waals surface area contributed by atoms with Crippen LogP contribution in [0, 0.1) is 6.92 Å². The summed E-state index contributed by atoms with van der Waals surface area (Å²) in [7, 11) is 1.56. The summed E-state index contributed by atoms with van der Waals surface area (Å²) in [6.45, 7) is 2.17. The summed E-state index contributed by atoms with van der Waals surface area (Å²) < 4.78 is 10.8. The number of methoxy groups -OCH3 is 1. The summed E-state index contributed by atoms with van der Waals surface area (Å²) >= 11 is 1.24. The number of hydrogen-bond acceptors (Lipinski definition) is 6. The summed E-state index contributed by atoms with van der Waals surface area (Å²) in [6.07, 6.45) is 1.53. The molecular formula is C13H12N4O2S. The molecule has 0 saturated carbocycles. The molecular weight excluding hydrogens is 276 g/mol. The van der Waals surface area contributed by atoms with Crippen molar-refractivity contribution >= 4 is 21.7 Å². The summed E-state index contributed by atoms with van der Waals surface area (Å²) in [5.74, 6) is 0.526. The second-order valence-electron chi connectivity index (χ2n) is 4.30. The Labute approximate surface area is 118 Å². The molecule has 20 heavy (non-hydrogen) atoms. The molecule has 3 aromatic rings. The number of aromatic nitrogens is 4. The van der Waals surface area contributed by atoms with E-state index in [9.17, 15) is 4.79 Å². The topological polar surface area (TPSA) is 69.9 Å². The molecule has 0 bridgehead atoms. The van der Waals surface area contributed by atoms with E-state index in [1.165, 1.54) is 22.4 Å². The molecule has 102 valence electrons. The zero-order valence-electron chi connectivity index (χ0n) is 11.0. The Kier molecular flexibility index (Phi) is 3.19. The highest BCUT2D eigenvalue weighted by Gasteiger charge is 2.10. The van der Waals surface area contributed by atoms with Crippen LogP contribution in [0.2, 0.25) is 0 Å². The van der Waals surface area contributed by atoms with Crippen LogP contribution in [-0.2, 0) is 6.54 Å². The number of nitrogens with zero attached hydrogens (tertiary/aromatic N) is 4. The zero-order chi connectivity index (χ0) is 14.1. The number of ether oxygens (including phenoxy) is 1. The van der Waals surface area contributed by atoms with Crippen molar-refractivity contribution in [3.63, 3.8) is 0 Å². The zero-order valence-corrected chi connectivity index (χ0v) is 11.8. The van der Waals surface area contributed by atoms with Gasteiger partial charge in [-0.3, -0.25) is 9.36 Å². The van der Waals surface area contributed by atoms with E-state index in [0.717, 1.165) is 11.4 Å². The molecule has 0 aliphatic carbocycles. The Balaban J connectivity index is 2.04. The van der Waals surface area contributed by atoms with E-state index in [1.54, 1.807) is 13.2 Å². The molecule has 3 rings (SSSR count). The van der Waals surface area contributed by atoms with E-state index in [-0.39, 0.29) is 5.56 Å². The minimum atomic E-state index is -0.0918. The van der Waals surface area contributed by atoms with Gasteiger partial charge in [0.2, 0.25) is 5.88 Å². The third-order valence-corrected chi connectivity index (χ3v) is 3.80. The van der Waals surface area contributed by atoms with Crippen molar-refractivity contribution in [2.24, 2.45) is 0 Å². The molecule has 0 amide bonds. The SMILES string of the molecule is COc1cccc(Cn2cnc3snc(C)c3c2=O)n1. The monoisotopic (exact) mass is 288 g/mol. The van der Waals surface area contributed by atoms with Crippen molar-refractivity contribution in [3.8, 4) is 5.88 Å². The van der Waals surface area contributed by atoms with Crippen LogP contribution in [0.3, 0.4) is 0 Å². The first-order chi connectivity index (χ1) is 9.69. The van der Waals surface area contributed by atoms with Crippen LogP contribution in [0.5, 0.6) is 5.88 Å². The van der Waals surface area contributed by atoms with Gasteiger partial charge >= 0.3 is 0 Å².